The number of nitrogens with zero attached hydrogens (tertiary/aromatic N) is 3. The van der Waals surface area contributed by atoms with E-state index in [0.29, 0.717) is 17.1 Å². The minimum Gasteiger partial charge on any atom is -0.310 e. The van der Waals surface area contributed by atoms with Crippen molar-refractivity contribution >= 4 is 118 Å². The lowest BCUT2D eigenvalue weighted by Crippen LogP contribution is -2.74. The van der Waals surface area contributed by atoms with Gasteiger partial charge in [0.2, 0.25) is 0 Å². The fourth-order valence-corrected chi connectivity index (χ4v) is 23.4. The van der Waals surface area contributed by atoms with Crippen LogP contribution in [0, 0.1) is 11.6 Å². The summed E-state index contributed by atoms with van der Waals surface area (Å²) in [5.41, 5.74) is 6.21. The Morgan fingerprint density at radius 1 is 0.258 bits per heavy atom. The quantitative estimate of drug-likeness (QED) is 0.0637. The molecule has 0 aliphatic rings. The second-order valence-electron chi connectivity index (χ2n) is 22.6. The lowest BCUT2D eigenvalue weighted by Gasteiger charge is -2.34. The van der Waals surface area contributed by atoms with E-state index in [4.69, 9.17) is 0 Å². The first-order chi connectivity index (χ1) is 43.6. The van der Waals surface area contributed by atoms with Crippen LogP contribution in [0.25, 0.3) is 55.0 Å². The Labute approximate surface area is 513 Å². The molecule has 0 radical (unpaired) electrons. The maximum absolute atomic E-state index is 14.9. The molecule has 13 aromatic carbocycles. The van der Waals surface area contributed by atoms with Gasteiger partial charge < -0.3 is 14.0 Å². The van der Waals surface area contributed by atoms with Crippen LogP contribution >= 0.6 is 0 Å². The third-order valence-electron chi connectivity index (χ3n) is 17.7. The number of benzene rings is 13. The lowest BCUT2D eigenvalue weighted by atomic mass is 10.1. The molecular formula is C79H54F5N3Si2. The number of hydrogen-bond acceptors (Lipinski definition) is 1. The maximum Gasteiger partial charge on any atom is 0.416 e. The van der Waals surface area contributed by atoms with Crippen LogP contribution in [-0.2, 0) is 6.18 Å². The Bertz CT molecular complexity index is 4560. The molecule has 0 saturated heterocycles. The third kappa shape index (κ3) is 9.29. The van der Waals surface area contributed by atoms with Gasteiger partial charge in [0, 0.05) is 50.0 Å². The number of halogens is 5. The second-order valence-corrected chi connectivity index (χ2v) is 30.2. The minimum atomic E-state index is -4.57. The number of aromatic nitrogens is 2. The van der Waals surface area contributed by atoms with E-state index in [1.54, 1.807) is 24.3 Å². The molecule has 0 aliphatic heterocycles. The van der Waals surface area contributed by atoms with Crippen LogP contribution in [0.5, 0.6) is 0 Å². The fraction of sp³-hybridized carbons (Fsp3) is 0.0127. The topological polar surface area (TPSA) is 13.1 Å². The summed E-state index contributed by atoms with van der Waals surface area (Å²) in [5, 5.41) is 13.3. The van der Waals surface area contributed by atoms with Gasteiger partial charge in [-0.2, -0.15) is 13.2 Å². The van der Waals surface area contributed by atoms with Gasteiger partial charge in [0.25, 0.3) is 0 Å². The predicted molar refractivity (Wildman–Crippen MR) is 362 cm³/mol. The van der Waals surface area contributed by atoms with Crippen molar-refractivity contribution in [2.24, 2.45) is 0 Å². The molecule has 0 N–H and O–H groups in total. The molecule has 0 aliphatic carbocycles. The molecule has 2 aromatic heterocycles. The summed E-state index contributed by atoms with van der Waals surface area (Å²) in [5.74, 6) is -0.704. The molecule has 15 aromatic rings. The van der Waals surface area contributed by atoms with Crippen molar-refractivity contribution in [2.45, 2.75) is 6.18 Å². The summed E-state index contributed by atoms with van der Waals surface area (Å²) in [6.45, 7) is 0. The van der Waals surface area contributed by atoms with Crippen LogP contribution in [-0.4, -0.2) is 25.3 Å². The van der Waals surface area contributed by atoms with Crippen molar-refractivity contribution in [3.63, 3.8) is 0 Å². The average molecular weight is 1200 g/mol. The first-order valence-corrected chi connectivity index (χ1v) is 33.6. The summed E-state index contributed by atoms with van der Waals surface area (Å²) < 4.78 is 77.8. The smallest absolute Gasteiger partial charge is 0.310 e. The van der Waals surface area contributed by atoms with Gasteiger partial charge in [0.1, 0.15) is 11.6 Å². The maximum atomic E-state index is 14.9. The van der Waals surface area contributed by atoms with Crippen LogP contribution in [0.1, 0.15) is 5.56 Å². The van der Waals surface area contributed by atoms with Gasteiger partial charge in [-0.1, -0.05) is 206 Å². The Kier molecular flexibility index (Phi) is 13.7. The zero-order valence-corrected chi connectivity index (χ0v) is 49.9. The molecule has 89 heavy (non-hydrogen) atoms. The number of rotatable bonds is 13. The molecule has 3 nitrogen and oxygen atoms in total. The highest BCUT2D eigenvalue weighted by Gasteiger charge is 2.43. The van der Waals surface area contributed by atoms with E-state index < -0.39 is 27.9 Å². The Morgan fingerprint density at radius 3 is 0.820 bits per heavy atom. The molecule has 10 heteroatoms. The van der Waals surface area contributed by atoms with Gasteiger partial charge in [-0.05, 0) is 163 Å². The van der Waals surface area contributed by atoms with Crippen LogP contribution in [0.15, 0.2) is 328 Å². The molecule has 0 unspecified atom stereocenters. The van der Waals surface area contributed by atoms with Gasteiger partial charge in [0.15, 0.2) is 16.1 Å². The van der Waals surface area contributed by atoms with E-state index in [1.807, 2.05) is 17.0 Å². The van der Waals surface area contributed by atoms with Crippen molar-refractivity contribution in [2.75, 3.05) is 4.90 Å². The first-order valence-electron chi connectivity index (χ1n) is 29.6. The second kappa shape index (κ2) is 22.2. The molecule has 15 rings (SSSR count). The van der Waals surface area contributed by atoms with Crippen molar-refractivity contribution in [3.8, 4) is 11.4 Å². The van der Waals surface area contributed by atoms with E-state index in [-0.39, 0.29) is 11.6 Å². The largest absolute Gasteiger partial charge is 0.416 e. The lowest BCUT2D eigenvalue weighted by molar-refractivity contribution is -0.137. The Hall–Kier alpha value is -10.7. The monoisotopic (exact) mass is 1200 g/mol. The summed E-state index contributed by atoms with van der Waals surface area (Å²) in [6.07, 6.45) is -4.57. The third-order valence-corrected chi connectivity index (χ3v) is 27.3. The Morgan fingerprint density at radius 2 is 0.528 bits per heavy atom. The van der Waals surface area contributed by atoms with E-state index >= 15 is 0 Å². The molecule has 0 amide bonds. The molecular weight excluding hydrogens is 1140 g/mol. The van der Waals surface area contributed by atoms with Gasteiger partial charge >= 0.3 is 6.18 Å². The molecule has 2 heterocycles. The number of alkyl halides is 3. The standard InChI is InChI=1S/C79H54F5N3Si2/c80-56-33-39-59(40-34-56)86-75-47-43-61(51-71(75)73-53-69(45-49-77(73)86)88(63-19-7-1-8-20-63,64-21-9-2-10-22-64)65-23-11-3-12-24-65)85(58-37-31-55(32-38-58)79(82,83)84)62-44-48-76-72(52-62)74-54-70(46-50-78(74)87(76)60-41-35-57(81)36-42-60)89(66-25-13-4-14-26-66,67-27-15-5-16-28-67)68-29-17-6-18-30-68/h1-54H. The van der Waals surface area contributed by atoms with Crippen molar-refractivity contribution in [3.05, 3.63) is 345 Å². The zero-order valence-electron chi connectivity index (χ0n) is 47.9. The molecule has 428 valence electrons. The van der Waals surface area contributed by atoms with Crippen LogP contribution < -0.4 is 46.4 Å². The summed E-state index contributed by atoms with van der Waals surface area (Å²) in [6, 6.07) is 109. The molecule has 0 saturated carbocycles. The normalized spacial score (nSPS) is 12.1. The molecule has 0 bridgehead atoms. The van der Waals surface area contributed by atoms with E-state index in [2.05, 4.69) is 252 Å². The first kappa shape index (κ1) is 55.0. The van der Waals surface area contributed by atoms with Gasteiger partial charge in [0.05, 0.1) is 27.6 Å². The van der Waals surface area contributed by atoms with Crippen LogP contribution in [0.2, 0.25) is 0 Å². The van der Waals surface area contributed by atoms with E-state index in [0.717, 1.165) is 77.5 Å². The minimum absolute atomic E-state index is 0.352. The Balaban J connectivity index is 1.01. The van der Waals surface area contributed by atoms with Crippen molar-refractivity contribution < 1.29 is 22.0 Å². The molecule has 0 spiro atoms. The molecule has 0 atom stereocenters. The van der Waals surface area contributed by atoms with Gasteiger partial charge in [-0.3, -0.25) is 0 Å². The SMILES string of the molecule is Fc1ccc(-n2c3ccc(N(c4ccc(C(F)(F)F)cc4)c4ccc5c(c4)c4cc([Si](c6ccccc6)(c6ccccc6)c6ccccc6)ccc4n5-c4ccc(F)cc4)cc3c3cc([Si](c4ccccc4)(c4ccccc4)c4ccccc4)ccc32)cc1. The van der Waals surface area contributed by atoms with Crippen molar-refractivity contribution in [1.82, 2.24) is 9.13 Å². The summed E-state index contributed by atoms with van der Waals surface area (Å²) in [7, 11) is -6.14. The number of hydrogen-bond donors (Lipinski definition) is 0. The number of anilines is 3. The summed E-state index contributed by atoms with van der Waals surface area (Å²) >= 11 is 0. The highest BCUT2D eigenvalue weighted by molar-refractivity contribution is 7.20. The highest BCUT2D eigenvalue weighted by atomic mass is 28.3. The van der Waals surface area contributed by atoms with Crippen molar-refractivity contribution in [1.29, 1.82) is 0 Å². The highest BCUT2D eigenvalue weighted by Crippen LogP contribution is 2.43. The average Bonchev–Trinajstić information content (AvgIpc) is 1.76. The van der Waals surface area contributed by atoms with E-state index in [1.165, 1.54) is 67.5 Å². The van der Waals surface area contributed by atoms with Crippen LogP contribution in [0.4, 0.5) is 39.0 Å². The summed E-state index contributed by atoms with van der Waals surface area (Å²) in [4.78, 5) is 2.03. The fourth-order valence-electron chi connectivity index (χ4n) is 13.9. The zero-order chi connectivity index (χ0) is 60.3. The van der Waals surface area contributed by atoms with E-state index in [9.17, 15) is 22.0 Å². The predicted octanol–water partition coefficient (Wildman–Crippen LogP) is 15.4. The van der Waals surface area contributed by atoms with Gasteiger partial charge in [-0.25, -0.2) is 8.78 Å². The van der Waals surface area contributed by atoms with Gasteiger partial charge in [-0.15, -0.1) is 0 Å². The molecule has 0 fully saturated rings. The van der Waals surface area contributed by atoms with Crippen LogP contribution in [0.3, 0.4) is 0 Å². The number of fused-ring (bicyclic) bond motifs is 6.